The molecule has 5 heteroatoms. The van der Waals surface area contributed by atoms with Gasteiger partial charge in [-0.2, -0.15) is 0 Å². The summed E-state index contributed by atoms with van der Waals surface area (Å²) in [4.78, 5) is 21.5. The summed E-state index contributed by atoms with van der Waals surface area (Å²) in [5.74, 6) is 0.537. The van der Waals surface area contributed by atoms with Crippen LogP contribution in [0, 0.1) is 0 Å². The SMILES string of the molecule is O=C(Nc1ncc[nH]1)[C@@H]1CCCN1Cc1ccccc1. The number of nitrogens with zero attached hydrogens (tertiary/aromatic N) is 2. The van der Waals surface area contributed by atoms with Crippen molar-refractivity contribution in [2.45, 2.75) is 25.4 Å². The van der Waals surface area contributed by atoms with Crippen molar-refractivity contribution in [2.24, 2.45) is 0 Å². The highest BCUT2D eigenvalue weighted by atomic mass is 16.2. The minimum absolute atomic E-state index is 0.0216. The monoisotopic (exact) mass is 270 g/mol. The van der Waals surface area contributed by atoms with Crippen LogP contribution in [-0.4, -0.2) is 33.4 Å². The molecule has 1 aromatic heterocycles. The van der Waals surface area contributed by atoms with Gasteiger partial charge in [-0.1, -0.05) is 30.3 Å². The standard InChI is InChI=1S/C15H18N4O/c20-14(18-15-16-8-9-17-15)13-7-4-10-19(13)11-12-5-2-1-3-6-12/h1-3,5-6,8-9,13H,4,7,10-11H2,(H2,16,17,18,20)/t13-/m0/s1. The Hall–Kier alpha value is -2.14. The summed E-state index contributed by atoms with van der Waals surface area (Å²) in [5.41, 5.74) is 1.24. The average molecular weight is 270 g/mol. The number of hydrogen-bond acceptors (Lipinski definition) is 3. The molecular formula is C15H18N4O. The maximum Gasteiger partial charge on any atom is 0.244 e. The third-order valence-electron chi connectivity index (χ3n) is 3.63. The van der Waals surface area contributed by atoms with Gasteiger partial charge in [0.25, 0.3) is 0 Å². The second-order valence-corrected chi connectivity index (χ2v) is 5.04. The molecule has 1 atom stereocenters. The predicted octanol–water partition coefficient (Wildman–Crippen LogP) is 2.01. The first-order chi connectivity index (χ1) is 9.83. The number of carbonyl (C=O) groups excluding carboxylic acids is 1. The van der Waals surface area contributed by atoms with Crippen molar-refractivity contribution in [3.63, 3.8) is 0 Å². The topological polar surface area (TPSA) is 61.0 Å². The molecule has 20 heavy (non-hydrogen) atoms. The van der Waals surface area contributed by atoms with E-state index in [0.717, 1.165) is 25.9 Å². The molecule has 1 aliphatic heterocycles. The fourth-order valence-corrected chi connectivity index (χ4v) is 2.66. The van der Waals surface area contributed by atoms with Crippen LogP contribution in [0.2, 0.25) is 0 Å². The van der Waals surface area contributed by atoms with Gasteiger partial charge < -0.3 is 4.98 Å². The Morgan fingerprint density at radius 2 is 2.25 bits per heavy atom. The predicted molar refractivity (Wildman–Crippen MR) is 77.1 cm³/mol. The van der Waals surface area contributed by atoms with Crippen LogP contribution < -0.4 is 5.32 Å². The van der Waals surface area contributed by atoms with Gasteiger partial charge in [0.05, 0.1) is 6.04 Å². The van der Waals surface area contributed by atoms with Gasteiger partial charge in [-0.15, -0.1) is 0 Å². The lowest BCUT2D eigenvalue weighted by atomic mass is 10.1. The Morgan fingerprint density at radius 1 is 1.40 bits per heavy atom. The first-order valence-electron chi connectivity index (χ1n) is 6.91. The maximum absolute atomic E-state index is 12.3. The first kappa shape index (κ1) is 12.9. The minimum atomic E-state index is -0.0692. The fraction of sp³-hybridized carbons (Fsp3) is 0.333. The van der Waals surface area contributed by atoms with Gasteiger partial charge in [-0.25, -0.2) is 4.98 Å². The van der Waals surface area contributed by atoms with E-state index in [2.05, 4.69) is 32.3 Å². The molecule has 1 amide bonds. The van der Waals surface area contributed by atoms with Crippen molar-refractivity contribution >= 4 is 11.9 Å². The van der Waals surface area contributed by atoms with Crippen molar-refractivity contribution in [2.75, 3.05) is 11.9 Å². The van der Waals surface area contributed by atoms with Gasteiger partial charge >= 0.3 is 0 Å². The van der Waals surface area contributed by atoms with Crippen molar-refractivity contribution in [3.8, 4) is 0 Å². The van der Waals surface area contributed by atoms with E-state index in [1.54, 1.807) is 12.4 Å². The van der Waals surface area contributed by atoms with Crippen LogP contribution >= 0.6 is 0 Å². The van der Waals surface area contributed by atoms with Gasteiger partial charge in [0, 0.05) is 18.9 Å². The smallest absolute Gasteiger partial charge is 0.244 e. The first-order valence-corrected chi connectivity index (χ1v) is 6.91. The molecule has 1 aromatic carbocycles. The summed E-state index contributed by atoms with van der Waals surface area (Å²) in [6.45, 7) is 1.78. The Bertz CT molecular complexity index is 553. The number of aromatic amines is 1. The second kappa shape index (κ2) is 5.88. The lowest BCUT2D eigenvalue weighted by Crippen LogP contribution is -2.39. The van der Waals surface area contributed by atoms with E-state index in [4.69, 9.17) is 0 Å². The van der Waals surface area contributed by atoms with Crippen molar-refractivity contribution < 1.29 is 4.79 Å². The van der Waals surface area contributed by atoms with E-state index in [0.29, 0.717) is 5.95 Å². The molecular weight excluding hydrogens is 252 g/mol. The number of imidazole rings is 1. The Labute approximate surface area is 118 Å². The summed E-state index contributed by atoms with van der Waals surface area (Å²) in [5, 5.41) is 2.83. The van der Waals surface area contributed by atoms with E-state index in [1.807, 2.05) is 18.2 Å². The Morgan fingerprint density at radius 3 is 3.00 bits per heavy atom. The lowest BCUT2D eigenvalue weighted by molar-refractivity contribution is -0.120. The molecule has 0 unspecified atom stereocenters. The van der Waals surface area contributed by atoms with E-state index in [9.17, 15) is 4.79 Å². The number of carbonyl (C=O) groups is 1. The van der Waals surface area contributed by atoms with Gasteiger partial charge in [0.1, 0.15) is 0 Å². The normalized spacial score (nSPS) is 19.1. The summed E-state index contributed by atoms with van der Waals surface area (Å²) >= 11 is 0. The lowest BCUT2D eigenvalue weighted by Gasteiger charge is -2.23. The molecule has 0 spiro atoms. The highest BCUT2D eigenvalue weighted by molar-refractivity contribution is 5.93. The van der Waals surface area contributed by atoms with Crippen LogP contribution in [0.5, 0.6) is 0 Å². The number of anilines is 1. The van der Waals surface area contributed by atoms with E-state index < -0.39 is 0 Å². The van der Waals surface area contributed by atoms with Gasteiger partial charge in [-0.3, -0.25) is 15.0 Å². The third-order valence-corrected chi connectivity index (χ3v) is 3.63. The molecule has 2 heterocycles. The summed E-state index contributed by atoms with van der Waals surface area (Å²) in [6, 6.07) is 10.2. The highest BCUT2D eigenvalue weighted by Crippen LogP contribution is 2.21. The number of H-pyrrole nitrogens is 1. The van der Waals surface area contributed by atoms with Crippen LogP contribution in [0.15, 0.2) is 42.7 Å². The molecule has 3 rings (SSSR count). The van der Waals surface area contributed by atoms with E-state index in [-0.39, 0.29) is 11.9 Å². The molecule has 104 valence electrons. The number of aromatic nitrogens is 2. The zero-order valence-corrected chi connectivity index (χ0v) is 11.2. The number of likely N-dealkylation sites (tertiary alicyclic amines) is 1. The molecule has 1 fully saturated rings. The number of nitrogens with one attached hydrogen (secondary N) is 2. The maximum atomic E-state index is 12.3. The quantitative estimate of drug-likeness (QED) is 0.893. The summed E-state index contributed by atoms with van der Waals surface area (Å²) < 4.78 is 0. The van der Waals surface area contributed by atoms with Crippen LogP contribution in [0.4, 0.5) is 5.95 Å². The third kappa shape index (κ3) is 2.88. The number of hydrogen-bond donors (Lipinski definition) is 2. The van der Waals surface area contributed by atoms with E-state index in [1.165, 1.54) is 5.56 Å². The highest BCUT2D eigenvalue weighted by Gasteiger charge is 2.30. The Kier molecular flexibility index (Phi) is 3.78. The zero-order chi connectivity index (χ0) is 13.8. The van der Waals surface area contributed by atoms with Crippen LogP contribution in [0.25, 0.3) is 0 Å². The van der Waals surface area contributed by atoms with Crippen LogP contribution in [0.1, 0.15) is 18.4 Å². The number of amides is 1. The minimum Gasteiger partial charge on any atom is -0.331 e. The summed E-state index contributed by atoms with van der Waals surface area (Å²) in [6.07, 6.45) is 5.29. The molecule has 2 N–H and O–H groups in total. The molecule has 5 nitrogen and oxygen atoms in total. The molecule has 0 aliphatic carbocycles. The molecule has 1 aliphatic rings. The zero-order valence-electron chi connectivity index (χ0n) is 11.2. The molecule has 0 bridgehead atoms. The largest absolute Gasteiger partial charge is 0.331 e. The molecule has 0 radical (unpaired) electrons. The molecule has 0 saturated carbocycles. The van der Waals surface area contributed by atoms with Gasteiger partial charge in [0.15, 0.2) is 0 Å². The fourth-order valence-electron chi connectivity index (χ4n) is 2.66. The second-order valence-electron chi connectivity index (χ2n) is 5.04. The summed E-state index contributed by atoms with van der Waals surface area (Å²) in [7, 11) is 0. The van der Waals surface area contributed by atoms with E-state index >= 15 is 0 Å². The van der Waals surface area contributed by atoms with Crippen molar-refractivity contribution in [1.29, 1.82) is 0 Å². The van der Waals surface area contributed by atoms with Crippen molar-refractivity contribution in [3.05, 3.63) is 48.3 Å². The number of rotatable bonds is 4. The average Bonchev–Trinajstić information content (AvgIpc) is 3.11. The van der Waals surface area contributed by atoms with Crippen LogP contribution in [-0.2, 0) is 11.3 Å². The molecule has 2 aromatic rings. The van der Waals surface area contributed by atoms with Gasteiger partial charge in [-0.05, 0) is 24.9 Å². The number of benzene rings is 1. The Balaban J connectivity index is 1.64. The molecule has 1 saturated heterocycles. The van der Waals surface area contributed by atoms with Gasteiger partial charge in [0.2, 0.25) is 11.9 Å². The van der Waals surface area contributed by atoms with Crippen molar-refractivity contribution in [1.82, 2.24) is 14.9 Å². The van der Waals surface area contributed by atoms with Crippen LogP contribution in [0.3, 0.4) is 0 Å².